The molecule has 1 fully saturated rings. The summed E-state index contributed by atoms with van der Waals surface area (Å²) in [5.74, 6) is 2.25. The number of rotatable bonds is 14. The SMILES string of the molecule is CC.CC.CCCC(CCC)CCN1CCCC(CCOC)C1=O.CC[C@H](C)CCc1ccccc1.[HH]. The number of aryl methyl sites for hydroxylation is 1. The average molecular weight is 508 g/mol. The van der Waals surface area contributed by atoms with E-state index in [1.54, 1.807) is 7.11 Å². The Morgan fingerprint density at radius 2 is 1.58 bits per heavy atom. The molecule has 0 aliphatic carbocycles. The average Bonchev–Trinajstić information content (AvgIpc) is 2.93. The number of nitrogens with zero attached hydrogens (tertiary/aromatic N) is 1. The first kappa shape index (κ1) is 36.8. The second-order valence-corrected chi connectivity index (χ2v) is 9.72. The summed E-state index contributed by atoms with van der Waals surface area (Å²) < 4.78 is 5.12. The summed E-state index contributed by atoms with van der Waals surface area (Å²) in [5, 5.41) is 0. The number of methoxy groups -OCH3 is 1. The number of ether oxygens (including phenoxy) is 1. The minimum Gasteiger partial charge on any atom is -0.385 e. The molecule has 1 aliphatic rings. The maximum Gasteiger partial charge on any atom is 0.225 e. The Hall–Kier alpha value is -1.35. The summed E-state index contributed by atoms with van der Waals surface area (Å²) >= 11 is 0. The molecule has 36 heavy (non-hydrogen) atoms. The van der Waals surface area contributed by atoms with Gasteiger partial charge in [-0.25, -0.2) is 0 Å². The van der Waals surface area contributed by atoms with Crippen LogP contribution in [-0.4, -0.2) is 37.6 Å². The lowest BCUT2D eigenvalue weighted by atomic mass is 9.91. The zero-order valence-electron chi connectivity index (χ0n) is 25.8. The number of hydrogen-bond donors (Lipinski definition) is 0. The van der Waals surface area contributed by atoms with E-state index >= 15 is 0 Å². The molecule has 1 aromatic carbocycles. The summed E-state index contributed by atoms with van der Waals surface area (Å²) in [6.07, 6.45) is 13.3. The van der Waals surface area contributed by atoms with Gasteiger partial charge in [0.1, 0.15) is 0 Å². The Bertz CT molecular complexity index is 575. The summed E-state index contributed by atoms with van der Waals surface area (Å²) in [7, 11) is 1.71. The topological polar surface area (TPSA) is 29.5 Å². The number of hydrogen-bond acceptors (Lipinski definition) is 2. The Morgan fingerprint density at radius 1 is 0.972 bits per heavy atom. The van der Waals surface area contributed by atoms with Crippen LogP contribution in [0.15, 0.2) is 30.3 Å². The van der Waals surface area contributed by atoms with Crippen LogP contribution in [0.4, 0.5) is 0 Å². The molecule has 1 saturated heterocycles. The highest BCUT2D eigenvalue weighted by Crippen LogP contribution is 2.24. The first-order chi connectivity index (χ1) is 17.5. The third kappa shape index (κ3) is 18.0. The van der Waals surface area contributed by atoms with Gasteiger partial charge in [0, 0.05) is 34.2 Å². The maximum atomic E-state index is 12.4. The van der Waals surface area contributed by atoms with Crippen LogP contribution in [0.5, 0.6) is 0 Å². The highest BCUT2D eigenvalue weighted by atomic mass is 16.5. The zero-order chi connectivity index (χ0) is 27.6. The zero-order valence-corrected chi connectivity index (χ0v) is 25.8. The quantitative estimate of drug-likeness (QED) is 0.251. The monoisotopic (exact) mass is 508 g/mol. The van der Waals surface area contributed by atoms with Crippen LogP contribution in [0.1, 0.15) is 127 Å². The number of carbonyl (C=O) groups is 1. The molecule has 0 radical (unpaired) electrons. The fourth-order valence-corrected chi connectivity index (χ4v) is 4.62. The summed E-state index contributed by atoms with van der Waals surface area (Å²) in [6.45, 7) is 19.7. The van der Waals surface area contributed by atoms with E-state index in [2.05, 4.69) is 62.9 Å². The highest BCUT2D eigenvalue weighted by Gasteiger charge is 2.28. The van der Waals surface area contributed by atoms with Crippen LogP contribution in [0.25, 0.3) is 0 Å². The third-order valence-corrected chi connectivity index (χ3v) is 6.98. The molecule has 1 amide bonds. The molecule has 1 aromatic rings. The van der Waals surface area contributed by atoms with Gasteiger partial charge < -0.3 is 9.64 Å². The maximum absolute atomic E-state index is 12.4. The fraction of sp³-hybridized carbons (Fsp3) is 0.788. The number of likely N-dealkylation sites (tertiary alicyclic amines) is 1. The van der Waals surface area contributed by atoms with Gasteiger partial charge in [-0.1, -0.05) is 118 Å². The van der Waals surface area contributed by atoms with Gasteiger partial charge in [-0.15, -0.1) is 0 Å². The van der Waals surface area contributed by atoms with Crippen molar-refractivity contribution in [3.8, 4) is 0 Å². The minimum absolute atomic E-state index is 0. The largest absolute Gasteiger partial charge is 0.385 e. The molecule has 0 spiro atoms. The summed E-state index contributed by atoms with van der Waals surface area (Å²) in [5.41, 5.74) is 1.47. The van der Waals surface area contributed by atoms with Crippen LogP contribution >= 0.6 is 0 Å². The van der Waals surface area contributed by atoms with Crippen LogP contribution in [-0.2, 0) is 16.0 Å². The molecule has 0 N–H and O–H groups in total. The van der Waals surface area contributed by atoms with E-state index in [0.29, 0.717) is 12.5 Å². The van der Waals surface area contributed by atoms with Crippen LogP contribution in [0.2, 0.25) is 0 Å². The van der Waals surface area contributed by atoms with Crippen molar-refractivity contribution < 1.29 is 11.0 Å². The fourth-order valence-electron chi connectivity index (χ4n) is 4.62. The molecular formula is C33H65NO2. The van der Waals surface area contributed by atoms with E-state index in [-0.39, 0.29) is 7.34 Å². The van der Waals surface area contributed by atoms with Crippen molar-refractivity contribution in [1.82, 2.24) is 4.90 Å². The van der Waals surface area contributed by atoms with Gasteiger partial charge in [-0.2, -0.15) is 0 Å². The molecule has 1 heterocycles. The Kier molecular flexibility index (Phi) is 27.3. The van der Waals surface area contributed by atoms with E-state index in [4.69, 9.17) is 4.74 Å². The van der Waals surface area contributed by atoms with E-state index in [0.717, 1.165) is 44.2 Å². The molecule has 0 saturated carbocycles. The van der Waals surface area contributed by atoms with Gasteiger partial charge >= 0.3 is 0 Å². The third-order valence-electron chi connectivity index (χ3n) is 6.98. The van der Waals surface area contributed by atoms with Crippen molar-refractivity contribution >= 4 is 5.91 Å². The van der Waals surface area contributed by atoms with Crippen molar-refractivity contribution in [2.45, 2.75) is 126 Å². The van der Waals surface area contributed by atoms with Crippen molar-refractivity contribution in [2.75, 3.05) is 26.8 Å². The van der Waals surface area contributed by atoms with Gasteiger partial charge in [-0.3, -0.25) is 4.79 Å². The Morgan fingerprint density at radius 3 is 2.11 bits per heavy atom. The van der Waals surface area contributed by atoms with E-state index in [1.165, 1.54) is 56.9 Å². The summed E-state index contributed by atoms with van der Waals surface area (Å²) in [4.78, 5) is 14.5. The molecular weight excluding hydrogens is 442 g/mol. The minimum atomic E-state index is 0. The number of piperidine rings is 1. The predicted molar refractivity (Wildman–Crippen MR) is 163 cm³/mol. The van der Waals surface area contributed by atoms with Crippen molar-refractivity contribution in [1.29, 1.82) is 0 Å². The van der Waals surface area contributed by atoms with Crippen molar-refractivity contribution in [3.63, 3.8) is 0 Å². The van der Waals surface area contributed by atoms with Crippen LogP contribution < -0.4 is 0 Å². The second kappa shape index (κ2) is 26.7. The molecule has 2 atom stereocenters. The molecule has 1 aliphatic heterocycles. The molecule has 214 valence electrons. The van der Waals surface area contributed by atoms with E-state index in [1.807, 2.05) is 27.7 Å². The lowest BCUT2D eigenvalue weighted by molar-refractivity contribution is -0.139. The van der Waals surface area contributed by atoms with Crippen LogP contribution in [0.3, 0.4) is 0 Å². The Labute approximate surface area is 228 Å². The second-order valence-electron chi connectivity index (χ2n) is 9.72. The number of benzene rings is 1. The van der Waals surface area contributed by atoms with Crippen molar-refractivity contribution in [3.05, 3.63) is 35.9 Å². The Balaban J connectivity index is -0.000000583. The lowest BCUT2D eigenvalue weighted by Crippen LogP contribution is -2.42. The van der Waals surface area contributed by atoms with Gasteiger partial charge in [0.15, 0.2) is 0 Å². The summed E-state index contributed by atoms with van der Waals surface area (Å²) in [6, 6.07) is 10.7. The van der Waals surface area contributed by atoms with Crippen molar-refractivity contribution in [2.24, 2.45) is 17.8 Å². The smallest absolute Gasteiger partial charge is 0.225 e. The van der Waals surface area contributed by atoms with E-state index < -0.39 is 0 Å². The molecule has 3 nitrogen and oxygen atoms in total. The van der Waals surface area contributed by atoms with Gasteiger partial charge in [0.05, 0.1) is 0 Å². The normalized spacial score (nSPS) is 15.7. The lowest BCUT2D eigenvalue weighted by Gasteiger charge is -2.33. The highest BCUT2D eigenvalue weighted by molar-refractivity contribution is 5.79. The number of carbonyl (C=O) groups excluding carboxylic acids is 1. The standard InChI is InChI=1S/C17H33NO2.C12H18.2C2H6.H2/c1-4-7-15(8-5-2)10-13-18-12-6-9-16(17(18)19)11-14-20-3;1-3-11(2)9-10-12-7-5-4-6-8-12;2*1-2;/h15-16H,4-14H2,1-3H3;4-8,11H,3,9-10H2,1-2H3;2*1-2H3;1H/t;11-;;;/m.0.../s1. The van der Waals surface area contributed by atoms with Gasteiger partial charge in [0.2, 0.25) is 5.91 Å². The first-order valence-corrected chi connectivity index (χ1v) is 15.4. The molecule has 0 bridgehead atoms. The molecule has 3 heteroatoms. The van der Waals surface area contributed by atoms with E-state index in [9.17, 15) is 4.79 Å². The predicted octanol–water partition coefficient (Wildman–Crippen LogP) is 9.83. The number of amides is 1. The molecule has 2 rings (SSSR count). The molecule has 0 aromatic heterocycles. The van der Waals surface area contributed by atoms with Crippen LogP contribution in [0, 0.1) is 17.8 Å². The van der Waals surface area contributed by atoms with Gasteiger partial charge in [0.25, 0.3) is 0 Å². The molecule has 1 unspecified atom stereocenters. The van der Waals surface area contributed by atoms with Gasteiger partial charge in [-0.05, 0) is 55.9 Å². The first-order valence-electron chi connectivity index (χ1n) is 15.4.